The number of nitrogens with zero attached hydrogens (tertiary/aromatic N) is 3. The summed E-state index contributed by atoms with van der Waals surface area (Å²) in [7, 11) is 1.59. The highest BCUT2D eigenvalue weighted by Gasteiger charge is 2.34. The molecule has 9 heteroatoms. The third-order valence-corrected chi connectivity index (χ3v) is 2.99. The molecule has 0 unspecified atom stereocenters. The summed E-state index contributed by atoms with van der Waals surface area (Å²) in [4.78, 5) is 14.6. The average molecular weight is 324 g/mol. The Morgan fingerprint density at radius 1 is 1.39 bits per heavy atom. The Balaban J connectivity index is 3.27. The molecule has 0 saturated carbocycles. The van der Waals surface area contributed by atoms with Gasteiger partial charge in [0.05, 0.1) is 12.1 Å². The quantitative estimate of drug-likeness (QED) is 0.399. The predicted octanol–water partition coefficient (Wildman–Crippen LogP) is 2.27. The Kier molecular flexibility index (Phi) is 5.61. The van der Waals surface area contributed by atoms with Crippen LogP contribution in [0.3, 0.4) is 0 Å². The summed E-state index contributed by atoms with van der Waals surface area (Å²) in [5.74, 6) is -2.15. The molecular formula is C14H19BF2N4O2. The number of rotatable bonds is 4. The van der Waals surface area contributed by atoms with Gasteiger partial charge in [-0.05, 0) is 39.3 Å². The second-order valence-electron chi connectivity index (χ2n) is 6.46. The number of hydrogen-bond acceptors (Lipinski definition) is 3. The number of alkyl carbamates (subject to hydrolysis) is 1. The van der Waals surface area contributed by atoms with Gasteiger partial charge in [0.1, 0.15) is 13.4 Å². The second kappa shape index (κ2) is 6.87. The van der Waals surface area contributed by atoms with Gasteiger partial charge in [0.25, 0.3) is 0 Å². The Bertz CT molecular complexity index is 657. The maximum atomic E-state index is 14.2. The van der Waals surface area contributed by atoms with E-state index in [2.05, 4.69) is 15.3 Å². The van der Waals surface area contributed by atoms with Crippen LogP contribution in [0, 0.1) is 11.6 Å². The molecule has 124 valence electrons. The Labute approximate surface area is 134 Å². The van der Waals surface area contributed by atoms with Gasteiger partial charge in [0.2, 0.25) is 0 Å². The maximum absolute atomic E-state index is 14.2. The third kappa shape index (κ3) is 5.14. The summed E-state index contributed by atoms with van der Waals surface area (Å²) in [6.45, 7) is 6.14. The van der Waals surface area contributed by atoms with Crippen molar-refractivity contribution in [3.05, 3.63) is 39.8 Å². The molecule has 0 aromatic heterocycles. The highest BCUT2D eigenvalue weighted by molar-refractivity contribution is 6.32. The van der Waals surface area contributed by atoms with E-state index in [1.807, 2.05) is 0 Å². The fraction of sp³-hybridized carbons (Fsp3) is 0.500. The zero-order valence-corrected chi connectivity index (χ0v) is 13.8. The first-order valence-electron chi connectivity index (χ1n) is 6.96. The van der Waals surface area contributed by atoms with E-state index in [1.165, 1.54) is 13.0 Å². The molecule has 1 rings (SSSR count). The van der Waals surface area contributed by atoms with E-state index < -0.39 is 28.9 Å². The lowest BCUT2D eigenvalue weighted by Gasteiger charge is -2.32. The van der Waals surface area contributed by atoms with Crippen molar-refractivity contribution >= 4 is 19.4 Å². The van der Waals surface area contributed by atoms with Gasteiger partial charge in [-0.25, -0.2) is 13.6 Å². The van der Waals surface area contributed by atoms with Crippen LogP contribution in [0.4, 0.5) is 13.6 Å². The zero-order valence-electron chi connectivity index (χ0n) is 13.8. The van der Waals surface area contributed by atoms with Crippen LogP contribution in [0.1, 0.15) is 33.3 Å². The highest BCUT2D eigenvalue weighted by Crippen LogP contribution is 2.26. The first-order chi connectivity index (χ1) is 10.5. The van der Waals surface area contributed by atoms with Crippen LogP contribution < -0.4 is 10.8 Å². The van der Waals surface area contributed by atoms with Crippen LogP contribution >= 0.6 is 0 Å². The highest BCUT2D eigenvalue weighted by atomic mass is 19.2. The van der Waals surface area contributed by atoms with Gasteiger partial charge in [-0.3, -0.25) is 0 Å². The molecule has 1 atom stereocenters. The lowest BCUT2D eigenvalue weighted by molar-refractivity contribution is 0.0463. The molecule has 0 spiro atoms. The minimum absolute atomic E-state index is 0.117. The first kappa shape index (κ1) is 18.8. The normalized spacial score (nSPS) is 13.7. The molecule has 1 N–H and O–H groups in total. The molecule has 1 aromatic carbocycles. The molecule has 0 heterocycles. The van der Waals surface area contributed by atoms with Gasteiger partial charge in [-0.2, -0.15) is 0 Å². The number of halogens is 2. The van der Waals surface area contributed by atoms with Crippen LogP contribution in [-0.4, -0.2) is 26.1 Å². The van der Waals surface area contributed by atoms with Gasteiger partial charge in [0, 0.05) is 10.5 Å². The van der Waals surface area contributed by atoms with E-state index in [4.69, 9.17) is 10.3 Å². The molecular weight excluding hydrogens is 305 g/mol. The summed E-state index contributed by atoms with van der Waals surface area (Å²) in [6.07, 6.45) is -0.825. The molecule has 0 aliphatic rings. The molecule has 1 amide bonds. The number of ether oxygens (including phenoxy) is 1. The minimum Gasteiger partial charge on any atom is -0.444 e. The smallest absolute Gasteiger partial charge is 0.408 e. The molecule has 0 fully saturated rings. The topological polar surface area (TPSA) is 87.1 Å². The molecule has 1 aromatic rings. The summed E-state index contributed by atoms with van der Waals surface area (Å²) in [6, 6.07) is 2.43. The molecule has 0 saturated heterocycles. The Hall–Kier alpha value is -2.28. The largest absolute Gasteiger partial charge is 0.444 e. The summed E-state index contributed by atoms with van der Waals surface area (Å²) in [5, 5.41) is 5.86. The Morgan fingerprint density at radius 2 is 2.00 bits per heavy atom. The number of carbonyl (C=O) groups is 1. The molecule has 23 heavy (non-hydrogen) atoms. The second-order valence-corrected chi connectivity index (χ2v) is 6.46. The van der Waals surface area contributed by atoms with Crippen LogP contribution in [-0.2, 0) is 10.3 Å². The first-order valence-corrected chi connectivity index (χ1v) is 6.96. The van der Waals surface area contributed by atoms with E-state index >= 15 is 0 Å². The number of carbonyl (C=O) groups excluding carboxylic acids is 1. The third-order valence-electron chi connectivity index (χ3n) is 2.99. The standard InChI is InChI=1S/C14H19BF2N4O2/c1-13(2,3)23-12(22)20-14(4,7-19-21-18)9-5-8(15)6-10(16)11(9)17/h5-6H,7,15H2,1-4H3,(H,20,22)/t14-/m0/s1. The van der Waals surface area contributed by atoms with Crippen molar-refractivity contribution in [2.75, 3.05) is 6.54 Å². The van der Waals surface area contributed by atoms with E-state index in [1.54, 1.807) is 28.6 Å². The van der Waals surface area contributed by atoms with Gasteiger partial charge in [-0.1, -0.05) is 16.6 Å². The Morgan fingerprint density at radius 3 is 2.52 bits per heavy atom. The number of amides is 1. The van der Waals surface area contributed by atoms with Crippen LogP contribution in [0.25, 0.3) is 10.4 Å². The lowest BCUT2D eigenvalue weighted by Crippen LogP contribution is -2.48. The van der Waals surface area contributed by atoms with Gasteiger partial charge >= 0.3 is 6.09 Å². The maximum Gasteiger partial charge on any atom is 0.408 e. The molecule has 6 nitrogen and oxygen atoms in total. The van der Waals surface area contributed by atoms with Crippen LogP contribution in [0.2, 0.25) is 0 Å². The van der Waals surface area contributed by atoms with Crippen molar-refractivity contribution in [1.82, 2.24) is 5.32 Å². The van der Waals surface area contributed by atoms with Crippen molar-refractivity contribution in [1.29, 1.82) is 0 Å². The van der Waals surface area contributed by atoms with E-state index in [9.17, 15) is 13.6 Å². The van der Waals surface area contributed by atoms with E-state index in [0.717, 1.165) is 6.07 Å². The summed E-state index contributed by atoms with van der Waals surface area (Å²) < 4.78 is 33.0. The summed E-state index contributed by atoms with van der Waals surface area (Å²) >= 11 is 0. The molecule has 0 radical (unpaired) electrons. The van der Waals surface area contributed by atoms with Crippen molar-refractivity contribution < 1.29 is 18.3 Å². The van der Waals surface area contributed by atoms with Crippen molar-refractivity contribution in [2.24, 2.45) is 5.11 Å². The van der Waals surface area contributed by atoms with E-state index in [0.29, 0.717) is 5.46 Å². The number of azide groups is 1. The zero-order chi connectivity index (χ0) is 17.8. The molecule has 0 aliphatic carbocycles. The van der Waals surface area contributed by atoms with Crippen molar-refractivity contribution in [2.45, 2.75) is 38.8 Å². The van der Waals surface area contributed by atoms with Gasteiger partial charge in [-0.15, -0.1) is 0 Å². The minimum atomic E-state index is -1.45. The predicted molar refractivity (Wildman–Crippen MR) is 85.3 cm³/mol. The number of benzene rings is 1. The number of hydrogen-bond donors (Lipinski definition) is 1. The van der Waals surface area contributed by atoms with Gasteiger partial charge in [0.15, 0.2) is 11.6 Å². The fourth-order valence-electron chi connectivity index (χ4n) is 2.02. The lowest BCUT2D eigenvalue weighted by atomic mass is 9.85. The summed E-state index contributed by atoms with van der Waals surface area (Å²) in [5.41, 5.74) is 6.66. The van der Waals surface area contributed by atoms with Crippen molar-refractivity contribution in [3.63, 3.8) is 0 Å². The van der Waals surface area contributed by atoms with Crippen LogP contribution in [0.5, 0.6) is 0 Å². The van der Waals surface area contributed by atoms with Crippen LogP contribution in [0.15, 0.2) is 17.2 Å². The SMILES string of the molecule is Bc1cc(F)c(F)c([C@](C)(CN=[N+]=[N-])NC(=O)OC(C)(C)C)c1. The van der Waals surface area contributed by atoms with Crippen molar-refractivity contribution in [3.8, 4) is 0 Å². The number of nitrogens with one attached hydrogen (secondary N) is 1. The molecule has 0 bridgehead atoms. The van der Waals surface area contributed by atoms with Gasteiger partial charge < -0.3 is 10.1 Å². The average Bonchev–Trinajstić information content (AvgIpc) is 2.38. The molecule has 0 aliphatic heterocycles. The monoisotopic (exact) mass is 324 g/mol. The fourth-order valence-corrected chi connectivity index (χ4v) is 2.02. The van der Waals surface area contributed by atoms with E-state index in [-0.39, 0.29) is 12.1 Å².